The highest BCUT2D eigenvalue weighted by atomic mass is 16.2. The molecule has 1 unspecified atom stereocenters. The van der Waals surface area contributed by atoms with Crippen LogP contribution in [0.5, 0.6) is 0 Å². The second-order valence-corrected chi connectivity index (χ2v) is 5.31. The number of hydrogen-bond donors (Lipinski definition) is 1. The third-order valence-corrected chi connectivity index (χ3v) is 3.63. The Balaban J connectivity index is 2.18. The molecule has 1 saturated heterocycles. The Morgan fingerprint density at radius 2 is 2.05 bits per heavy atom. The zero-order valence-corrected chi connectivity index (χ0v) is 12.3. The second-order valence-electron chi connectivity index (χ2n) is 5.31. The van der Waals surface area contributed by atoms with E-state index < -0.39 is 11.2 Å². The smallest absolute Gasteiger partial charge is 0.330 e. The Kier molecular flexibility index (Phi) is 3.97. The zero-order chi connectivity index (χ0) is 15.7. The molecule has 1 aliphatic heterocycles. The van der Waals surface area contributed by atoms with E-state index in [1.54, 1.807) is 14.1 Å². The van der Waals surface area contributed by atoms with Crippen molar-refractivity contribution in [2.45, 2.75) is 13.0 Å². The maximum absolute atomic E-state index is 12.2. The van der Waals surface area contributed by atoms with E-state index in [1.807, 2.05) is 0 Å². The molecule has 1 aliphatic rings. The molecule has 0 saturated carbocycles. The SMILES string of the molecule is CN(Cc1cn(C)c(=O)n(C)c1=O)C(=O)C1CNC(=O)C1. The molecular weight excluding hydrogens is 276 g/mol. The molecule has 8 heteroatoms. The molecule has 1 aromatic rings. The first-order chi connectivity index (χ1) is 9.81. The minimum Gasteiger partial charge on any atom is -0.355 e. The molecule has 1 atom stereocenters. The molecule has 1 N–H and O–H groups in total. The van der Waals surface area contributed by atoms with Crippen LogP contribution in [0.25, 0.3) is 0 Å². The number of rotatable bonds is 3. The van der Waals surface area contributed by atoms with Crippen molar-refractivity contribution in [3.63, 3.8) is 0 Å². The number of aryl methyl sites for hydroxylation is 1. The summed E-state index contributed by atoms with van der Waals surface area (Å²) in [4.78, 5) is 48.4. The van der Waals surface area contributed by atoms with Gasteiger partial charge >= 0.3 is 5.69 Å². The normalized spacial score (nSPS) is 17.7. The first kappa shape index (κ1) is 15.0. The van der Waals surface area contributed by atoms with Gasteiger partial charge in [-0.3, -0.25) is 19.0 Å². The van der Waals surface area contributed by atoms with E-state index >= 15 is 0 Å². The van der Waals surface area contributed by atoms with Gasteiger partial charge in [0.2, 0.25) is 11.8 Å². The summed E-state index contributed by atoms with van der Waals surface area (Å²) in [5.41, 5.74) is -0.477. The van der Waals surface area contributed by atoms with Gasteiger partial charge in [0.15, 0.2) is 0 Å². The van der Waals surface area contributed by atoms with Crippen LogP contribution in [0.15, 0.2) is 15.8 Å². The molecule has 0 aliphatic carbocycles. The standard InChI is InChI=1S/C13H18N4O4/c1-15(11(19)8-4-10(18)14-5-8)6-9-7-16(2)13(21)17(3)12(9)20/h7-8H,4-6H2,1-3H3,(H,14,18). The lowest BCUT2D eigenvalue weighted by atomic mass is 10.1. The molecule has 2 amide bonds. The van der Waals surface area contributed by atoms with Crippen LogP contribution in [0.1, 0.15) is 12.0 Å². The van der Waals surface area contributed by atoms with Crippen molar-refractivity contribution in [2.24, 2.45) is 20.0 Å². The van der Waals surface area contributed by atoms with Crippen molar-refractivity contribution in [1.82, 2.24) is 19.4 Å². The van der Waals surface area contributed by atoms with Gasteiger partial charge in [0.05, 0.1) is 18.0 Å². The maximum atomic E-state index is 12.2. The Hall–Kier alpha value is -2.38. The topological polar surface area (TPSA) is 93.4 Å². The highest BCUT2D eigenvalue weighted by Gasteiger charge is 2.30. The van der Waals surface area contributed by atoms with E-state index in [-0.39, 0.29) is 30.7 Å². The molecule has 0 spiro atoms. The molecular formula is C13H18N4O4. The first-order valence-electron chi connectivity index (χ1n) is 6.58. The van der Waals surface area contributed by atoms with Gasteiger partial charge in [-0.25, -0.2) is 4.79 Å². The lowest BCUT2D eigenvalue weighted by molar-refractivity contribution is -0.135. The summed E-state index contributed by atoms with van der Waals surface area (Å²) >= 11 is 0. The number of hydrogen-bond acceptors (Lipinski definition) is 4. The number of carbonyl (C=O) groups excluding carboxylic acids is 2. The number of aromatic nitrogens is 2. The fraction of sp³-hybridized carbons (Fsp3) is 0.538. The van der Waals surface area contributed by atoms with E-state index in [4.69, 9.17) is 0 Å². The van der Waals surface area contributed by atoms with E-state index in [1.165, 1.54) is 22.7 Å². The molecule has 0 bridgehead atoms. The summed E-state index contributed by atoms with van der Waals surface area (Å²) in [6.45, 7) is 0.428. The van der Waals surface area contributed by atoms with Crippen LogP contribution < -0.4 is 16.6 Å². The second kappa shape index (κ2) is 5.55. The predicted molar refractivity (Wildman–Crippen MR) is 74.5 cm³/mol. The van der Waals surface area contributed by atoms with Crippen LogP contribution in [0, 0.1) is 5.92 Å². The van der Waals surface area contributed by atoms with Crippen LogP contribution in [0.4, 0.5) is 0 Å². The van der Waals surface area contributed by atoms with Crippen molar-refractivity contribution in [1.29, 1.82) is 0 Å². The summed E-state index contributed by atoms with van der Waals surface area (Å²) in [7, 11) is 4.53. The molecule has 8 nitrogen and oxygen atoms in total. The molecule has 1 fully saturated rings. The highest BCUT2D eigenvalue weighted by molar-refractivity contribution is 5.89. The summed E-state index contributed by atoms with van der Waals surface area (Å²) in [6.07, 6.45) is 1.61. The Morgan fingerprint density at radius 3 is 2.62 bits per heavy atom. The van der Waals surface area contributed by atoms with Crippen molar-refractivity contribution in [2.75, 3.05) is 13.6 Å². The van der Waals surface area contributed by atoms with Gasteiger partial charge in [-0.2, -0.15) is 0 Å². The van der Waals surface area contributed by atoms with Gasteiger partial charge in [-0.15, -0.1) is 0 Å². The lowest BCUT2D eigenvalue weighted by Crippen LogP contribution is -2.41. The van der Waals surface area contributed by atoms with E-state index in [0.29, 0.717) is 12.1 Å². The van der Waals surface area contributed by atoms with E-state index in [2.05, 4.69) is 5.32 Å². The number of nitrogens with zero attached hydrogens (tertiary/aromatic N) is 3. The minimum absolute atomic E-state index is 0.102. The Morgan fingerprint density at radius 1 is 1.38 bits per heavy atom. The third-order valence-electron chi connectivity index (χ3n) is 3.63. The van der Waals surface area contributed by atoms with Gasteiger partial charge in [0.1, 0.15) is 0 Å². The van der Waals surface area contributed by atoms with Gasteiger partial charge in [-0.1, -0.05) is 0 Å². The van der Waals surface area contributed by atoms with E-state index in [9.17, 15) is 19.2 Å². The Bertz CT molecular complexity index is 703. The summed E-state index contributed by atoms with van der Waals surface area (Å²) in [5, 5.41) is 2.61. The van der Waals surface area contributed by atoms with Gasteiger partial charge in [-0.05, 0) is 0 Å². The zero-order valence-electron chi connectivity index (χ0n) is 12.3. The van der Waals surface area contributed by atoms with Crippen molar-refractivity contribution in [3.05, 3.63) is 32.6 Å². The van der Waals surface area contributed by atoms with Crippen LogP contribution in [-0.2, 0) is 30.2 Å². The van der Waals surface area contributed by atoms with Crippen LogP contribution in [-0.4, -0.2) is 39.4 Å². The number of nitrogens with one attached hydrogen (secondary N) is 1. The summed E-state index contributed by atoms with van der Waals surface area (Å²) in [5.74, 6) is -0.720. The Labute approximate surface area is 121 Å². The quantitative estimate of drug-likeness (QED) is 0.710. The number of carbonyl (C=O) groups is 2. The van der Waals surface area contributed by atoms with Gasteiger partial charge < -0.3 is 14.8 Å². The number of amides is 2. The highest BCUT2D eigenvalue weighted by Crippen LogP contribution is 2.12. The average molecular weight is 294 g/mol. The van der Waals surface area contributed by atoms with E-state index in [0.717, 1.165) is 4.57 Å². The molecule has 0 aromatic carbocycles. The summed E-state index contributed by atoms with van der Waals surface area (Å²) < 4.78 is 2.31. The third kappa shape index (κ3) is 2.88. The molecule has 2 rings (SSSR count). The van der Waals surface area contributed by atoms with Crippen LogP contribution in [0.2, 0.25) is 0 Å². The van der Waals surface area contributed by atoms with Crippen molar-refractivity contribution in [3.8, 4) is 0 Å². The fourth-order valence-corrected chi connectivity index (χ4v) is 2.42. The van der Waals surface area contributed by atoms with Gasteiger partial charge in [0, 0.05) is 40.3 Å². The molecule has 0 radical (unpaired) electrons. The molecule has 2 heterocycles. The van der Waals surface area contributed by atoms with Crippen LogP contribution in [0.3, 0.4) is 0 Å². The molecule has 21 heavy (non-hydrogen) atoms. The molecule has 114 valence electrons. The van der Waals surface area contributed by atoms with Crippen molar-refractivity contribution >= 4 is 11.8 Å². The fourth-order valence-electron chi connectivity index (χ4n) is 2.42. The first-order valence-corrected chi connectivity index (χ1v) is 6.58. The largest absolute Gasteiger partial charge is 0.355 e. The lowest BCUT2D eigenvalue weighted by Gasteiger charge is -2.20. The molecule has 1 aromatic heterocycles. The van der Waals surface area contributed by atoms with Crippen molar-refractivity contribution < 1.29 is 9.59 Å². The summed E-state index contributed by atoms with van der Waals surface area (Å²) in [6, 6.07) is 0. The van der Waals surface area contributed by atoms with Gasteiger partial charge in [0.25, 0.3) is 5.56 Å². The minimum atomic E-state index is -0.418. The predicted octanol–water partition coefficient (Wildman–Crippen LogP) is -1.82. The monoisotopic (exact) mass is 294 g/mol. The maximum Gasteiger partial charge on any atom is 0.330 e. The average Bonchev–Trinajstić information content (AvgIpc) is 2.88. The van der Waals surface area contributed by atoms with Crippen LogP contribution >= 0.6 is 0 Å².